The van der Waals surface area contributed by atoms with Crippen LogP contribution in [0.15, 0.2) is 24.3 Å². The summed E-state index contributed by atoms with van der Waals surface area (Å²) in [4.78, 5) is 38.0. The van der Waals surface area contributed by atoms with Crippen LogP contribution in [0.25, 0.3) is 0 Å². The van der Waals surface area contributed by atoms with Crippen molar-refractivity contribution in [2.75, 3.05) is 23.0 Å². The van der Waals surface area contributed by atoms with E-state index in [2.05, 4.69) is 5.32 Å². The minimum Gasteiger partial charge on any atom is -0.449 e. The monoisotopic (exact) mass is 394 g/mol. The van der Waals surface area contributed by atoms with E-state index in [0.717, 1.165) is 6.42 Å². The number of benzene rings is 1. The fourth-order valence-electron chi connectivity index (χ4n) is 3.23. The van der Waals surface area contributed by atoms with Crippen molar-refractivity contribution in [3.05, 3.63) is 29.8 Å². The Labute approximate surface area is 157 Å². The van der Waals surface area contributed by atoms with Crippen LogP contribution in [-0.2, 0) is 24.2 Å². The zero-order valence-electron chi connectivity index (χ0n) is 15.0. The molecule has 27 heavy (non-hydrogen) atoms. The molecular weight excluding hydrogens is 372 g/mol. The van der Waals surface area contributed by atoms with Crippen LogP contribution < -0.4 is 10.2 Å². The van der Waals surface area contributed by atoms with E-state index in [-0.39, 0.29) is 23.0 Å². The highest BCUT2D eigenvalue weighted by atomic mass is 32.2. The lowest BCUT2D eigenvalue weighted by Crippen LogP contribution is -2.42. The first-order valence-electron chi connectivity index (χ1n) is 8.87. The van der Waals surface area contributed by atoms with Crippen molar-refractivity contribution < 1.29 is 27.5 Å². The third-order valence-corrected chi connectivity index (χ3v) is 6.47. The van der Waals surface area contributed by atoms with Crippen LogP contribution in [0.1, 0.15) is 36.5 Å². The quantitative estimate of drug-likeness (QED) is 0.735. The summed E-state index contributed by atoms with van der Waals surface area (Å²) in [6, 6.07) is 6.08. The summed E-state index contributed by atoms with van der Waals surface area (Å²) in [6.45, 7) is 2.05. The molecule has 0 saturated carbocycles. The van der Waals surface area contributed by atoms with Crippen LogP contribution in [-0.4, -0.2) is 56.4 Å². The van der Waals surface area contributed by atoms with Crippen molar-refractivity contribution in [3.63, 3.8) is 0 Å². The van der Waals surface area contributed by atoms with Gasteiger partial charge in [-0.05, 0) is 38.0 Å². The van der Waals surface area contributed by atoms with Gasteiger partial charge in [0.05, 0.1) is 17.1 Å². The number of amides is 2. The maximum absolute atomic E-state index is 12.3. The van der Waals surface area contributed by atoms with Crippen LogP contribution in [0, 0.1) is 0 Å². The second-order valence-electron chi connectivity index (χ2n) is 6.86. The molecule has 0 spiro atoms. The first kappa shape index (κ1) is 19.3. The largest absolute Gasteiger partial charge is 0.449 e. The Morgan fingerprint density at radius 1 is 1.33 bits per heavy atom. The third-order valence-electron chi connectivity index (χ3n) is 4.70. The molecule has 2 heterocycles. The SMILES string of the molecule is C[C@H](OC(=O)c1cccc(N2CCCC2=O)c1)C(=O)N[C@@H]1CCS(=O)(=O)C1. The number of hydrogen-bond donors (Lipinski definition) is 1. The molecule has 1 aromatic carbocycles. The van der Waals surface area contributed by atoms with Crippen molar-refractivity contribution in [1.82, 2.24) is 5.32 Å². The van der Waals surface area contributed by atoms with Crippen LogP contribution in [0.2, 0.25) is 0 Å². The second-order valence-corrected chi connectivity index (χ2v) is 9.08. The highest BCUT2D eigenvalue weighted by Gasteiger charge is 2.31. The minimum absolute atomic E-state index is 0.0137. The summed E-state index contributed by atoms with van der Waals surface area (Å²) in [7, 11) is -3.10. The van der Waals surface area contributed by atoms with Gasteiger partial charge in [-0.3, -0.25) is 9.59 Å². The molecule has 2 atom stereocenters. The Kier molecular flexibility index (Phi) is 5.50. The predicted molar refractivity (Wildman–Crippen MR) is 98.1 cm³/mol. The van der Waals surface area contributed by atoms with Crippen molar-refractivity contribution in [2.24, 2.45) is 0 Å². The molecule has 0 unspecified atom stereocenters. The summed E-state index contributed by atoms with van der Waals surface area (Å²) in [5, 5.41) is 2.60. The first-order chi connectivity index (χ1) is 12.7. The molecule has 2 aliphatic heterocycles. The van der Waals surface area contributed by atoms with E-state index >= 15 is 0 Å². The van der Waals surface area contributed by atoms with E-state index in [9.17, 15) is 22.8 Å². The number of esters is 1. The molecule has 1 aromatic rings. The van der Waals surface area contributed by atoms with Crippen molar-refractivity contribution in [1.29, 1.82) is 0 Å². The normalized spacial score (nSPS) is 22.5. The number of nitrogens with one attached hydrogen (secondary N) is 1. The van der Waals surface area contributed by atoms with E-state index in [0.29, 0.717) is 25.1 Å². The Bertz CT molecular complexity index is 866. The standard InChI is InChI=1S/C18H22N2O6S/c1-12(17(22)19-14-7-9-27(24,25)11-14)26-18(23)13-4-2-5-15(10-13)20-8-3-6-16(20)21/h2,4-5,10,12,14H,3,6-9,11H2,1H3,(H,19,22)/t12-,14+/m0/s1. The zero-order chi connectivity index (χ0) is 19.6. The minimum atomic E-state index is -3.10. The second kappa shape index (κ2) is 7.67. The van der Waals surface area contributed by atoms with Crippen LogP contribution >= 0.6 is 0 Å². The summed E-state index contributed by atoms with van der Waals surface area (Å²) in [5.74, 6) is -1.24. The van der Waals surface area contributed by atoms with Crippen molar-refractivity contribution >= 4 is 33.3 Å². The van der Waals surface area contributed by atoms with Gasteiger partial charge in [-0.15, -0.1) is 0 Å². The lowest BCUT2D eigenvalue weighted by molar-refractivity contribution is -0.129. The van der Waals surface area contributed by atoms with Gasteiger partial charge in [0, 0.05) is 24.7 Å². The van der Waals surface area contributed by atoms with E-state index in [4.69, 9.17) is 4.74 Å². The molecule has 0 aliphatic carbocycles. The third kappa shape index (κ3) is 4.65. The van der Waals surface area contributed by atoms with Crippen LogP contribution in [0.5, 0.6) is 0 Å². The van der Waals surface area contributed by atoms with Gasteiger partial charge in [0.15, 0.2) is 15.9 Å². The fourth-order valence-corrected chi connectivity index (χ4v) is 4.90. The van der Waals surface area contributed by atoms with E-state index < -0.39 is 33.9 Å². The highest BCUT2D eigenvalue weighted by molar-refractivity contribution is 7.91. The molecule has 8 nitrogen and oxygen atoms in total. The maximum Gasteiger partial charge on any atom is 0.338 e. The van der Waals surface area contributed by atoms with E-state index in [1.807, 2.05) is 0 Å². The fraction of sp³-hybridized carbons (Fsp3) is 0.500. The average Bonchev–Trinajstić information content (AvgIpc) is 3.19. The number of sulfone groups is 1. The van der Waals surface area contributed by atoms with Gasteiger partial charge in [0.25, 0.3) is 5.91 Å². The molecule has 3 rings (SSSR count). The van der Waals surface area contributed by atoms with E-state index in [1.165, 1.54) is 6.92 Å². The van der Waals surface area contributed by atoms with Gasteiger partial charge in [0.2, 0.25) is 5.91 Å². The summed E-state index contributed by atoms with van der Waals surface area (Å²) < 4.78 is 28.1. The Morgan fingerprint density at radius 3 is 2.74 bits per heavy atom. The summed E-state index contributed by atoms with van der Waals surface area (Å²) in [6.07, 6.45) is 0.572. The number of carbonyl (C=O) groups is 3. The van der Waals surface area contributed by atoms with Gasteiger partial charge >= 0.3 is 5.97 Å². The average molecular weight is 394 g/mol. The summed E-state index contributed by atoms with van der Waals surface area (Å²) in [5.41, 5.74) is 0.871. The smallest absolute Gasteiger partial charge is 0.338 e. The van der Waals surface area contributed by atoms with Gasteiger partial charge in [-0.2, -0.15) is 0 Å². The van der Waals surface area contributed by atoms with Gasteiger partial charge in [0.1, 0.15) is 0 Å². The van der Waals surface area contributed by atoms with Gasteiger partial charge in [-0.1, -0.05) is 6.07 Å². The van der Waals surface area contributed by atoms with Crippen molar-refractivity contribution in [2.45, 2.75) is 38.3 Å². The number of anilines is 1. The van der Waals surface area contributed by atoms with Crippen LogP contribution in [0.4, 0.5) is 5.69 Å². The van der Waals surface area contributed by atoms with Crippen molar-refractivity contribution in [3.8, 4) is 0 Å². The predicted octanol–water partition coefficient (Wildman–Crippen LogP) is 0.662. The van der Waals surface area contributed by atoms with Gasteiger partial charge in [-0.25, -0.2) is 13.2 Å². The van der Waals surface area contributed by atoms with Crippen LogP contribution in [0.3, 0.4) is 0 Å². The Hall–Kier alpha value is -2.42. The number of carbonyl (C=O) groups excluding carboxylic acids is 3. The Balaban J connectivity index is 1.59. The van der Waals surface area contributed by atoms with E-state index in [1.54, 1.807) is 29.2 Å². The topological polar surface area (TPSA) is 110 Å². The number of hydrogen-bond acceptors (Lipinski definition) is 6. The number of ether oxygens (including phenoxy) is 1. The molecule has 1 N–H and O–H groups in total. The lowest BCUT2D eigenvalue weighted by Gasteiger charge is -2.18. The summed E-state index contributed by atoms with van der Waals surface area (Å²) >= 11 is 0. The number of rotatable bonds is 5. The lowest BCUT2D eigenvalue weighted by atomic mass is 10.2. The molecule has 0 aromatic heterocycles. The molecule has 2 aliphatic rings. The molecule has 2 saturated heterocycles. The first-order valence-corrected chi connectivity index (χ1v) is 10.7. The molecule has 2 fully saturated rings. The molecule has 2 amide bonds. The zero-order valence-corrected chi connectivity index (χ0v) is 15.8. The molecule has 146 valence electrons. The molecular formula is C18H22N2O6S. The number of nitrogens with zero attached hydrogens (tertiary/aromatic N) is 1. The molecule has 0 bridgehead atoms. The Morgan fingerprint density at radius 2 is 2.11 bits per heavy atom. The van der Waals surface area contributed by atoms with Gasteiger partial charge < -0.3 is 15.0 Å². The highest BCUT2D eigenvalue weighted by Crippen LogP contribution is 2.22. The molecule has 0 radical (unpaired) electrons. The maximum atomic E-state index is 12.3. The molecule has 9 heteroatoms.